The van der Waals surface area contributed by atoms with Crippen molar-refractivity contribution in [1.29, 1.82) is 0 Å². The van der Waals surface area contributed by atoms with Crippen LogP contribution in [0.4, 0.5) is 10.1 Å². The first-order valence-corrected chi connectivity index (χ1v) is 17.2. The lowest BCUT2D eigenvalue weighted by Crippen LogP contribution is -2.62. The lowest BCUT2D eigenvalue weighted by atomic mass is 9.78. The highest BCUT2D eigenvalue weighted by Gasteiger charge is 2.62. The Labute approximate surface area is 281 Å². The maximum Gasteiger partial charge on any atom is 0.274 e. The van der Waals surface area contributed by atoms with Crippen LogP contribution in [0.1, 0.15) is 36.0 Å². The summed E-state index contributed by atoms with van der Waals surface area (Å²) in [7, 11) is 6.72. The number of amides is 2. The summed E-state index contributed by atoms with van der Waals surface area (Å²) in [6.45, 7) is 0.956. The van der Waals surface area contributed by atoms with Crippen molar-refractivity contribution in [2.45, 2.75) is 42.2 Å². The first-order chi connectivity index (χ1) is 22.8. The van der Waals surface area contributed by atoms with Crippen molar-refractivity contribution < 1.29 is 36.6 Å². The van der Waals surface area contributed by atoms with Crippen LogP contribution in [-0.2, 0) is 31.6 Å². The number of carbonyl (C=O) groups excluding carboxylic acids is 2. The van der Waals surface area contributed by atoms with Crippen LogP contribution in [0.15, 0.2) is 59.5 Å². The van der Waals surface area contributed by atoms with Gasteiger partial charge in [0.15, 0.2) is 5.54 Å². The fourth-order valence-electron chi connectivity index (χ4n) is 6.80. The molecule has 1 saturated heterocycles. The van der Waals surface area contributed by atoms with E-state index in [0.29, 0.717) is 49.3 Å². The van der Waals surface area contributed by atoms with Crippen LogP contribution in [0.5, 0.6) is 17.2 Å². The number of halogens is 1. The Morgan fingerprint density at radius 2 is 1.65 bits per heavy atom. The van der Waals surface area contributed by atoms with E-state index < -0.39 is 33.3 Å². The number of piperidine rings is 1. The van der Waals surface area contributed by atoms with E-state index in [1.165, 1.54) is 56.6 Å². The SMILES string of the molecule is COc1ccc(S(=O)(=O)N2C(=O)C(c3cc(CCN(C)C)ccc3OC)(N3CCCC[C@H]3C(=O)N(C)C)c3cc(F)ccc32)c(OC)c1. The van der Waals surface area contributed by atoms with Gasteiger partial charge < -0.3 is 24.0 Å². The molecule has 0 spiro atoms. The number of benzene rings is 3. The molecular formula is C35H43FN4O7S. The highest BCUT2D eigenvalue weighted by molar-refractivity contribution is 7.93. The number of anilines is 1. The Hall–Kier alpha value is -4.20. The molecule has 3 aromatic carbocycles. The molecule has 258 valence electrons. The fourth-order valence-corrected chi connectivity index (χ4v) is 8.40. The van der Waals surface area contributed by atoms with Gasteiger partial charge in [-0.1, -0.05) is 12.5 Å². The molecule has 2 amide bonds. The normalized spacial score (nSPS) is 19.7. The molecule has 5 rings (SSSR count). The van der Waals surface area contributed by atoms with Gasteiger partial charge in [0.2, 0.25) is 5.91 Å². The number of sulfonamides is 1. The molecule has 2 atom stereocenters. The van der Waals surface area contributed by atoms with Crippen molar-refractivity contribution in [2.24, 2.45) is 0 Å². The Bertz CT molecular complexity index is 1820. The van der Waals surface area contributed by atoms with Crippen molar-refractivity contribution in [2.75, 3.05) is 66.9 Å². The lowest BCUT2D eigenvalue weighted by Gasteiger charge is -2.47. The van der Waals surface area contributed by atoms with Gasteiger partial charge in [0.25, 0.3) is 15.9 Å². The molecule has 0 aliphatic carbocycles. The van der Waals surface area contributed by atoms with Crippen molar-refractivity contribution in [3.05, 3.63) is 77.1 Å². The number of hydrogen-bond acceptors (Lipinski definition) is 9. The van der Waals surface area contributed by atoms with Crippen LogP contribution in [0.2, 0.25) is 0 Å². The van der Waals surface area contributed by atoms with Gasteiger partial charge in [-0.2, -0.15) is 0 Å². The molecule has 0 radical (unpaired) electrons. The van der Waals surface area contributed by atoms with Gasteiger partial charge in [0.05, 0.1) is 33.1 Å². The van der Waals surface area contributed by atoms with E-state index in [4.69, 9.17) is 14.2 Å². The maximum absolute atomic E-state index is 15.6. The van der Waals surface area contributed by atoms with Crippen LogP contribution < -0.4 is 18.5 Å². The third-order valence-electron chi connectivity index (χ3n) is 9.11. The minimum Gasteiger partial charge on any atom is -0.497 e. The zero-order valence-corrected chi connectivity index (χ0v) is 29.3. The van der Waals surface area contributed by atoms with Gasteiger partial charge in [0, 0.05) is 44.4 Å². The second-order valence-corrected chi connectivity index (χ2v) is 14.2. The maximum atomic E-state index is 15.6. The zero-order valence-electron chi connectivity index (χ0n) is 28.4. The van der Waals surface area contributed by atoms with Crippen molar-refractivity contribution in [3.63, 3.8) is 0 Å². The molecule has 11 nitrogen and oxygen atoms in total. The summed E-state index contributed by atoms with van der Waals surface area (Å²) in [4.78, 5) is 34.4. The summed E-state index contributed by atoms with van der Waals surface area (Å²) in [5.74, 6) is -1.17. The second-order valence-electron chi connectivity index (χ2n) is 12.5. The summed E-state index contributed by atoms with van der Waals surface area (Å²) in [5, 5.41) is 0. The van der Waals surface area contributed by atoms with E-state index in [2.05, 4.69) is 0 Å². The number of rotatable bonds is 11. The number of methoxy groups -OCH3 is 3. The third-order valence-corrected chi connectivity index (χ3v) is 10.8. The van der Waals surface area contributed by atoms with Gasteiger partial charge in [-0.15, -0.1) is 0 Å². The van der Waals surface area contributed by atoms with Gasteiger partial charge in [0.1, 0.15) is 28.0 Å². The number of likely N-dealkylation sites (tertiary alicyclic amines) is 1. The molecule has 48 heavy (non-hydrogen) atoms. The predicted octanol–water partition coefficient (Wildman–Crippen LogP) is 3.88. The van der Waals surface area contributed by atoms with Gasteiger partial charge in [-0.25, -0.2) is 17.1 Å². The van der Waals surface area contributed by atoms with Gasteiger partial charge in [-0.05, 0) is 81.4 Å². The minimum atomic E-state index is -4.69. The average Bonchev–Trinajstić information content (AvgIpc) is 3.34. The summed E-state index contributed by atoms with van der Waals surface area (Å²) in [6, 6.07) is 12.4. The molecule has 2 heterocycles. The van der Waals surface area contributed by atoms with Crippen molar-refractivity contribution >= 4 is 27.5 Å². The number of ether oxygens (including phenoxy) is 3. The summed E-state index contributed by atoms with van der Waals surface area (Å²) < 4.78 is 62.3. The van der Waals surface area contributed by atoms with Crippen LogP contribution in [0, 0.1) is 5.82 Å². The van der Waals surface area contributed by atoms with Crippen LogP contribution in [0.3, 0.4) is 0 Å². The highest BCUT2D eigenvalue weighted by Crippen LogP contribution is 2.55. The average molecular weight is 683 g/mol. The van der Waals surface area contributed by atoms with Crippen LogP contribution >= 0.6 is 0 Å². The molecule has 0 saturated carbocycles. The van der Waals surface area contributed by atoms with E-state index in [9.17, 15) is 13.2 Å². The molecule has 2 aliphatic heterocycles. The Morgan fingerprint density at radius 3 is 2.29 bits per heavy atom. The topological polar surface area (TPSA) is 109 Å². The quantitative estimate of drug-likeness (QED) is 0.298. The van der Waals surface area contributed by atoms with Crippen molar-refractivity contribution in [1.82, 2.24) is 14.7 Å². The molecular weight excluding hydrogens is 639 g/mol. The largest absolute Gasteiger partial charge is 0.497 e. The molecule has 13 heteroatoms. The highest BCUT2D eigenvalue weighted by atomic mass is 32.2. The molecule has 2 aliphatic rings. The van der Waals surface area contributed by atoms with E-state index in [-0.39, 0.29) is 34.3 Å². The molecule has 1 fully saturated rings. The number of fused-ring (bicyclic) bond motifs is 1. The lowest BCUT2D eigenvalue weighted by molar-refractivity contribution is -0.142. The summed E-state index contributed by atoms with van der Waals surface area (Å²) in [5.41, 5.74) is -0.696. The molecule has 0 N–H and O–H groups in total. The number of likely N-dealkylation sites (N-methyl/N-ethyl adjacent to an activating group) is 2. The molecule has 1 unspecified atom stereocenters. The molecule has 0 bridgehead atoms. The van der Waals surface area contributed by atoms with Gasteiger partial charge in [-0.3, -0.25) is 14.5 Å². The van der Waals surface area contributed by atoms with Gasteiger partial charge >= 0.3 is 0 Å². The zero-order chi connectivity index (χ0) is 35.0. The van der Waals surface area contributed by atoms with Crippen LogP contribution in [0.25, 0.3) is 0 Å². The summed E-state index contributed by atoms with van der Waals surface area (Å²) in [6.07, 6.45) is 2.36. The van der Waals surface area contributed by atoms with E-state index in [0.717, 1.165) is 15.9 Å². The van der Waals surface area contributed by atoms with E-state index in [1.54, 1.807) is 25.1 Å². The smallest absolute Gasteiger partial charge is 0.274 e. The Kier molecular flexibility index (Phi) is 10.0. The Morgan fingerprint density at radius 1 is 0.917 bits per heavy atom. The third kappa shape index (κ3) is 5.88. The molecule has 3 aromatic rings. The Balaban J connectivity index is 1.87. The predicted molar refractivity (Wildman–Crippen MR) is 180 cm³/mol. The van der Waals surface area contributed by atoms with E-state index in [1.807, 2.05) is 31.1 Å². The number of nitrogens with zero attached hydrogens (tertiary/aromatic N) is 4. The van der Waals surface area contributed by atoms with E-state index >= 15 is 9.18 Å². The number of carbonyl (C=O) groups is 2. The first-order valence-electron chi connectivity index (χ1n) is 15.7. The second kappa shape index (κ2) is 13.7. The molecule has 0 aromatic heterocycles. The first kappa shape index (κ1) is 35.1. The minimum absolute atomic E-state index is 0.0263. The summed E-state index contributed by atoms with van der Waals surface area (Å²) >= 11 is 0. The monoisotopic (exact) mass is 682 g/mol. The standard InChI is InChI=1S/C35H43FN4O7S/c1-37(2)19-17-23-11-15-30(46-6)27(20-23)35(39-18-9-8-10-29(39)33(41)38(3)4)26-21-24(36)12-14-28(26)40(34(35)42)48(43,44)32-16-13-25(45-5)22-31(32)47-7/h11-16,20-22,29H,8-10,17-19H2,1-7H3/t29-,35?/m0/s1. The van der Waals surface area contributed by atoms with Crippen molar-refractivity contribution in [3.8, 4) is 17.2 Å². The number of hydrogen-bond donors (Lipinski definition) is 0. The fraction of sp³-hybridized carbons (Fsp3) is 0.429. The van der Waals surface area contributed by atoms with Crippen LogP contribution in [-0.4, -0.2) is 104 Å².